The van der Waals surface area contributed by atoms with Crippen LogP contribution in [-0.2, 0) is 14.3 Å². The lowest BCUT2D eigenvalue weighted by molar-refractivity contribution is -0.126. The summed E-state index contributed by atoms with van der Waals surface area (Å²) in [6, 6.07) is 5.39. The van der Waals surface area contributed by atoms with Crippen molar-refractivity contribution in [1.82, 2.24) is 0 Å². The Kier molecular flexibility index (Phi) is 2.09. The molecule has 4 atom stereocenters. The molecule has 4 rings (SSSR count). The first-order chi connectivity index (χ1) is 9.51. The molecule has 0 saturated carbocycles. The van der Waals surface area contributed by atoms with Gasteiger partial charge in [-0.15, -0.1) is 0 Å². The highest BCUT2D eigenvalue weighted by Crippen LogP contribution is 2.52. The Morgan fingerprint density at radius 1 is 1.20 bits per heavy atom. The number of fused-ring (bicyclic) bond motifs is 5. The number of rotatable bonds is 1. The van der Waals surface area contributed by atoms with E-state index in [1.807, 2.05) is 19.1 Å². The van der Waals surface area contributed by atoms with E-state index in [2.05, 4.69) is 0 Å². The molecule has 1 aromatic carbocycles. The highest BCUT2D eigenvalue weighted by atomic mass is 19.1. The zero-order valence-corrected chi connectivity index (χ0v) is 10.7. The largest absolute Gasteiger partial charge is 0.362 e. The van der Waals surface area contributed by atoms with Crippen LogP contribution in [0.5, 0.6) is 0 Å². The fourth-order valence-corrected chi connectivity index (χ4v) is 3.50. The van der Waals surface area contributed by atoms with Crippen LogP contribution in [0.25, 0.3) is 0 Å². The fraction of sp³-hybridized carbons (Fsp3) is 0.333. The summed E-state index contributed by atoms with van der Waals surface area (Å²) in [5.41, 5.74) is -0.282. The number of imide groups is 1. The molecule has 2 saturated heterocycles. The maximum absolute atomic E-state index is 13.0. The Morgan fingerprint density at radius 2 is 1.90 bits per heavy atom. The van der Waals surface area contributed by atoms with Gasteiger partial charge in [0, 0.05) is 0 Å². The standard InChI is InChI=1S/C15H12FNO3/c1-15-7-6-10(20-15)11-12(15)14(19)17(13(11)18)9-4-2-8(16)3-5-9/h2-7,10-12H,1H3/t10-,11+,12+,15+/m1/s1. The molecule has 2 fully saturated rings. The second-order valence-corrected chi connectivity index (χ2v) is 5.62. The first-order valence-corrected chi connectivity index (χ1v) is 6.52. The first-order valence-electron chi connectivity index (χ1n) is 6.52. The van der Waals surface area contributed by atoms with Crippen LogP contribution in [0.1, 0.15) is 6.92 Å². The predicted octanol–water partition coefficient (Wildman–Crippen LogP) is 1.66. The SMILES string of the molecule is C[C@@]12C=C[C@@H](O1)[C@@H]1C(=O)N(c3ccc(F)cc3)C(=O)[C@H]12. The molecule has 102 valence electrons. The number of ether oxygens (including phenoxy) is 1. The van der Waals surface area contributed by atoms with Crippen LogP contribution >= 0.6 is 0 Å². The van der Waals surface area contributed by atoms with Crippen molar-refractivity contribution in [2.45, 2.75) is 18.6 Å². The van der Waals surface area contributed by atoms with Crippen LogP contribution < -0.4 is 4.90 Å². The van der Waals surface area contributed by atoms with Crippen LogP contribution in [0, 0.1) is 17.7 Å². The molecule has 0 unspecified atom stereocenters. The van der Waals surface area contributed by atoms with Crippen molar-refractivity contribution in [3.8, 4) is 0 Å². The number of anilines is 1. The summed E-state index contributed by atoms with van der Waals surface area (Å²) >= 11 is 0. The molecule has 0 aromatic heterocycles. The number of hydrogen-bond donors (Lipinski definition) is 0. The molecule has 3 heterocycles. The quantitative estimate of drug-likeness (QED) is 0.577. The maximum atomic E-state index is 13.0. The minimum Gasteiger partial charge on any atom is -0.362 e. The van der Waals surface area contributed by atoms with Gasteiger partial charge in [-0.25, -0.2) is 9.29 Å². The van der Waals surface area contributed by atoms with Gasteiger partial charge in [0.2, 0.25) is 11.8 Å². The van der Waals surface area contributed by atoms with Gasteiger partial charge in [-0.05, 0) is 31.2 Å². The van der Waals surface area contributed by atoms with Gasteiger partial charge >= 0.3 is 0 Å². The van der Waals surface area contributed by atoms with Crippen molar-refractivity contribution in [2.24, 2.45) is 11.8 Å². The van der Waals surface area contributed by atoms with E-state index in [0.29, 0.717) is 5.69 Å². The van der Waals surface area contributed by atoms with Crippen molar-refractivity contribution in [1.29, 1.82) is 0 Å². The second-order valence-electron chi connectivity index (χ2n) is 5.62. The molecule has 20 heavy (non-hydrogen) atoms. The van der Waals surface area contributed by atoms with Gasteiger partial charge in [-0.2, -0.15) is 0 Å². The molecular weight excluding hydrogens is 261 g/mol. The normalized spacial score (nSPS) is 37.9. The molecule has 0 spiro atoms. The fourth-order valence-electron chi connectivity index (χ4n) is 3.50. The zero-order valence-electron chi connectivity index (χ0n) is 10.7. The average molecular weight is 273 g/mol. The molecule has 3 aliphatic rings. The number of benzene rings is 1. The topological polar surface area (TPSA) is 46.6 Å². The lowest BCUT2D eigenvalue weighted by Crippen LogP contribution is -2.38. The molecule has 1 aromatic rings. The van der Waals surface area contributed by atoms with Gasteiger partial charge in [0.05, 0.1) is 29.2 Å². The Balaban J connectivity index is 1.77. The lowest BCUT2D eigenvalue weighted by Gasteiger charge is -2.24. The van der Waals surface area contributed by atoms with E-state index in [4.69, 9.17) is 4.74 Å². The van der Waals surface area contributed by atoms with Crippen molar-refractivity contribution in [3.05, 3.63) is 42.2 Å². The Morgan fingerprint density at radius 3 is 2.55 bits per heavy atom. The molecule has 0 N–H and O–H groups in total. The highest BCUT2D eigenvalue weighted by Gasteiger charge is 2.65. The Labute approximate surface area is 114 Å². The second kappa shape index (κ2) is 3.55. The number of hydrogen-bond acceptors (Lipinski definition) is 3. The third-order valence-electron chi connectivity index (χ3n) is 4.41. The molecule has 3 aliphatic heterocycles. The first kappa shape index (κ1) is 11.8. The van der Waals surface area contributed by atoms with E-state index in [1.165, 1.54) is 24.3 Å². The number of nitrogens with zero attached hydrogens (tertiary/aromatic N) is 1. The van der Waals surface area contributed by atoms with Crippen LogP contribution in [-0.4, -0.2) is 23.5 Å². The summed E-state index contributed by atoms with van der Waals surface area (Å²) in [4.78, 5) is 26.2. The third kappa shape index (κ3) is 1.28. The van der Waals surface area contributed by atoms with E-state index in [-0.39, 0.29) is 17.9 Å². The predicted molar refractivity (Wildman–Crippen MR) is 68.3 cm³/mol. The van der Waals surface area contributed by atoms with Crippen molar-refractivity contribution in [3.63, 3.8) is 0 Å². The number of amides is 2. The van der Waals surface area contributed by atoms with Crippen LogP contribution in [0.15, 0.2) is 36.4 Å². The molecule has 2 amide bonds. The van der Waals surface area contributed by atoms with Crippen LogP contribution in [0.4, 0.5) is 10.1 Å². The average Bonchev–Trinajstić information content (AvgIpc) is 3.01. The van der Waals surface area contributed by atoms with Gasteiger partial charge < -0.3 is 4.74 Å². The van der Waals surface area contributed by atoms with Gasteiger partial charge in [0.1, 0.15) is 5.82 Å². The monoisotopic (exact) mass is 273 g/mol. The van der Waals surface area contributed by atoms with E-state index >= 15 is 0 Å². The Bertz CT molecular complexity index is 654. The molecular formula is C15H12FNO3. The minimum absolute atomic E-state index is 0.260. The smallest absolute Gasteiger partial charge is 0.241 e. The van der Waals surface area contributed by atoms with Gasteiger partial charge in [0.25, 0.3) is 0 Å². The Hall–Kier alpha value is -2.01. The summed E-state index contributed by atoms with van der Waals surface area (Å²) in [7, 11) is 0. The molecule has 0 aliphatic carbocycles. The summed E-state index contributed by atoms with van der Waals surface area (Å²) in [6.07, 6.45) is 3.38. The van der Waals surface area contributed by atoms with Gasteiger partial charge in [0.15, 0.2) is 0 Å². The molecule has 2 bridgehead atoms. The van der Waals surface area contributed by atoms with Crippen LogP contribution in [0.3, 0.4) is 0 Å². The summed E-state index contributed by atoms with van der Waals surface area (Å²) in [5, 5.41) is 0. The highest BCUT2D eigenvalue weighted by molar-refractivity contribution is 6.23. The zero-order chi connectivity index (χ0) is 14.1. The third-order valence-corrected chi connectivity index (χ3v) is 4.41. The van der Waals surface area contributed by atoms with Gasteiger partial charge in [-0.1, -0.05) is 12.2 Å². The number of carbonyl (C=O) groups excluding carboxylic acids is 2. The number of carbonyl (C=O) groups is 2. The summed E-state index contributed by atoms with van der Waals surface area (Å²) in [6.45, 7) is 1.83. The maximum Gasteiger partial charge on any atom is 0.241 e. The van der Waals surface area contributed by atoms with Gasteiger partial charge in [-0.3, -0.25) is 9.59 Å². The van der Waals surface area contributed by atoms with Crippen molar-refractivity contribution in [2.75, 3.05) is 4.90 Å². The molecule has 4 nitrogen and oxygen atoms in total. The molecule has 0 radical (unpaired) electrons. The van der Waals surface area contributed by atoms with E-state index in [0.717, 1.165) is 4.90 Å². The van der Waals surface area contributed by atoms with Crippen molar-refractivity contribution < 1.29 is 18.7 Å². The van der Waals surface area contributed by atoms with E-state index in [9.17, 15) is 14.0 Å². The minimum atomic E-state index is -0.698. The van der Waals surface area contributed by atoms with E-state index in [1.54, 1.807) is 0 Å². The molecule has 5 heteroatoms. The summed E-state index contributed by atoms with van der Waals surface area (Å²) < 4.78 is 18.7. The summed E-state index contributed by atoms with van der Waals surface area (Å²) in [5.74, 6) is -1.85. The lowest BCUT2D eigenvalue weighted by atomic mass is 9.78. The number of halogens is 1. The van der Waals surface area contributed by atoms with Crippen LogP contribution in [0.2, 0.25) is 0 Å². The van der Waals surface area contributed by atoms with E-state index < -0.39 is 23.3 Å². The van der Waals surface area contributed by atoms with Crippen molar-refractivity contribution >= 4 is 17.5 Å².